The molecule has 1 N–H and O–H groups in total. The maximum atomic E-state index is 12.9. The van der Waals surface area contributed by atoms with Crippen LogP contribution in [0.4, 0.5) is 5.69 Å². The molecule has 0 bridgehead atoms. The van der Waals surface area contributed by atoms with E-state index < -0.39 is 5.91 Å². The van der Waals surface area contributed by atoms with Gasteiger partial charge in [0.05, 0.1) is 5.69 Å². The van der Waals surface area contributed by atoms with E-state index in [1.54, 1.807) is 16.8 Å². The Kier molecular flexibility index (Phi) is 5.38. The Morgan fingerprint density at radius 1 is 0.933 bits per heavy atom. The minimum atomic E-state index is -0.394. The minimum absolute atomic E-state index is 0.0868. The summed E-state index contributed by atoms with van der Waals surface area (Å²) in [6.45, 7) is 5.95. The Morgan fingerprint density at radius 3 is 2.40 bits per heavy atom. The lowest BCUT2D eigenvalue weighted by Gasteiger charge is -2.07. The van der Waals surface area contributed by atoms with Crippen LogP contribution in [0.2, 0.25) is 5.02 Å². The molecule has 4 rings (SSSR count). The van der Waals surface area contributed by atoms with Crippen molar-refractivity contribution in [3.05, 3.63) is 94.3 Å². The second-order valence-electron chi connectivity index (χ2n) is 7.29. The summed E-state index contributed by atoms with van der Waals surface area (Å²) in [5, 5.41) is 7.93. The van der Waals surface area contributed by atoms with E-state index in [1.165, 1.54) is 0 Å². The van der Waals surface area contributed by atoms with Crippen LogP contribution in [-0.2, 0) is 0 Å². The molecule has 30 heavy (non-hydrogen) atoms. The van der Waals surface area contributed by atoms with Crippen LogP contribution < -0.4 is 5.32 Å². The number of hydrogen-bond acceptors (Lipinski definition) is 3. The zero-order chi connectivity index (χ0) is 21.3. The van der Waals surface area contributed by atoms with E-state index in [1.807, 2.05) is 75.4 Å². The largest absolute Gasteiger partial charge is 0.319 e. The predicted octanol–water partition coefficient (Wildman–Crippen LogP) is 5.77. The van der Waals surface area contributed by atoms with Gasteiger partial charge in [-0.05, 0) is 56.7 Å². The van der Waals surface area contributed by atoms with Crippen LogP contribution >= 0.6 is 11.6 Å². The van der Waals surface area contributed by atoms with Crippen molar-refractivity contribution in [3.63, 3.8) is 0 Å². The zero-order valence-electron chi connectivity index (χ0n) is 17.0. The van der Waals surface area contributed by atoms with Crippen LogP contribution in [0.5, 0.6) is 0 Å². The maximum Gasteiger partial charge on any atom is 0.295 e. The monoisotopic (exact) mass is 416 g/mol. The first-order valence-electron chi connectivity index (χ1n) is 9.59. The molecular formula is C24H21ClN4O. The van der Waals surface area contributed by atoms with Crippen molar-refractivity contribution in [2.75, 3.05) is 5.32 Å². The lowest BCUT2D eigenvalue weighted by molar-refractivity contribution is 0.101. The summed E-state index contributed by atoms with van der Waals surface area (Å²) < 4.78 is 1.70. The van der Waals surface area contributed by atoms with Crippen LogP contribution in [0, 0.1) is 20.8 Å². The van der Waals surface area contributed by atoms with E-state index in [-0.39, 0.29) is 5.82 Å². The maximum absolute atomic E-state index is 12.9. The summed E-state index contributed by atoms with van der Waals surface area (Å²) in [6, 6.07) is 21.3. The zero-order valence-corrected chi connectivity index (χ0v) is 17.7. The van der Waals surface area contributed by atoms with E-state index in [9.17, 15) is 4.79 Å². The Balaban J connectivity index is 1.75. The molecule has 1 aromatic heterocycles. The topological polar surface area (TPSA) is 59.8 Å². The van der Waals surface area contributed by atoms with Crippen molar-refractivity contribution in [1.82, 2.24) is 14.8 Å². The van der Waals surface area contributed by atoms with Gasteiger partial charge in [-0.3, -0.25) is 4.79 Å². The second kappa shape index (κ2) is 8.13. The molecule has 0 saturated carbocycles. The van der Waals surface area contributed by atoms with E-state index >= 15 is 0 Å². The number of halogens is 1. The fraction of sp³-hybridized carbons (Fsp3) is 0.125. The highest BCUT2D eigenvalue weighted by atomic mass is 35.5. The van der Waals surface area contributed by atoms with Gasteiger partial charge in [-0.15, -0.1) is 5.10 Å². The predicted molar refractivity (Wildman–Crippen MR) is 120 cm³/mol. The fourth-order valence-corrected chi connectivity index (χ4v) is 3.28. The molecule has 1 heterocycles. The molecule has 0 atom stereocenters. The Bertz CT molecular complexity index is 1230. The number of aromatic nitrogens is 3. The molecular weight excluding hydrogens is 396 g/mol. The van der Waals surface area contributed by atoms with E-state index in [2.05, 4.69) is 15.4 Å². The first-order chi connectivity index (χ1) is 14.4. The van der Waals surface area contributed by atoms with Crippen molar-refractivity contribution in [3.8, 4) is 17.1 Å². The number of amides is 1. The molecule has 0 aliphatic rings. The average Bonchev–Trinajstić information content (AvgIpc) is 3.17. The number of nitrogens with one attached hydrogen (secondary N) is 1. The number of carbonyl (C=O) groups is 1. The lowest BCUT2D eigenvalue weighted by Crippen LogP contribution is -2.14. The summed E-state index contributed by atoms with van der Waals surface area (Å²) in [6.07, 6.45) is 0. The molecule has 0 unspecified atom stereocenters. The molecule has 0 saturated heterocycles. The second-order valence-corrected chi connectivity index (χ2v) is 7.70. The highest BCUT2D eigenvalue weighted by Crippen LogP contribution is 2.24. The van der Waals surface area contributed by atoms with Gasteiger partial charge in [0.15, 0.2) is 5.82 Å². The third-order valence-corrected chi connectivity index (χ3v) is 5.20. The first kappa shape index (κ1) is 19.9. The molecule has 0 radical (unpaired) electrons. The Morgan fingerprint density at radius 2 is 1.70 bits per heavy atom. The van der Waals surface area contributed by atoms with Gasteiger partial charge in [0.2, 0.25) is 5.82 Å². The molecule has 0 aliphatic carbocycles. The average molecular weight is 417 g/mol. The van der Waals surface area contributed by atoms with Crippen molar-refractivity contribution in [1.29, 1.82) is 0 Å². The number of benzene rings is 3. The number of hydrogen-bond donors (Lipinski definition) is 1. The summed E-state index contributed by atoms with van der Waals surface area (Å²) in [7, 11) is 0. The van der Waals surface area contributed by atoms with Gasteiger partial charge < -0.3 is 5.32 Å². The molecule has 4 aromatic rings. The van der Waals surface area contributed by atoms with E-state index in [4.69, 9.17) is 11.6 Å². The smallest absolute Gasteiger partial charge is 0.295 e. The normalized spacial score (nSPS) is 10.8. The number of aryl methyl sites for hydroxylation is 3. The van der Waals surface area contributed by atoms with Crippen LogP contribution in [-0.4, -0.2) is 20.7 Å². The van der Waals surface area contributed by atoms with Crippen LogP contribution in [0.15, 0.2) is 66.7 Å². The summed E-state index contributed by atoms with van der Waals surface area (Å²) in [5.74, 6) is 0.299. The minimum Gasteiger partial charge on any atom is -0.319 e. The van der Waals surface area contributed by atoms with Gasteiger partial charge in [-0.1, -0.05) is 59.1 Å². The Hall–Kier alpha value is -3.44. The SMILES string of the molecule is Cc1ccc(-n2nc(C(=O)Nc3ccc(C)c(Cl)c3)nc2-c2cccc(C)c2)cc1. The summed E-state index contributed by atoms with van der Waals surface area (Å²) in [4.78, 5) is 17.4. The molecule has 1 amide bonds. The molecule has 150 valence electrons. The molecule has 0 aliphatic heterocycles. The van der Waals surface area contributed by atoms with Crippen molar-refractivity contribution >= 4 is 23.2 Å². The standard InChI is InChI=1S/C24H21ClN4O/c1-15-7-11-20(12-8-15)29-23(18-6-4-5-16(2)13-18)27-22(28-29)24(30)26-19-10-9-17(3)21(25)14-19/h4-14H,1-3H3,(H,26,30). The number of carbonyl (C=O) groups excluding carboxylic acids is 1. The fourth-order valence-electron chi connectivity index (χ4n) is 3.10. The van der Waals surface area contributed by atoms with Gasteiger partial charge >= 0.3 is 0 Å². The quantitative estimate of drug-likeness (QED) is 0.459. The lowest BCUT2D eigenvalue weighted by atomic mass is 10.1. The highest BCUT2D eigenvalue weighted by Gasteiger charge is 2.19. The first-order valence-corrected chi connectivity index (χ1v) is 9.97. The Labute approximate surface area is 180 Å². The van der Waals surface area contributed by atoms with Gasteiger partial charge in [0.1, 0.15) is 0 Å². The third kappa shape index (κ3) is 4.11. The van der Waals surface area contributed by atoms with E-state index in [0.717, 1.165) is 27.9 Å². The van der Waals surface area contributed by atoms with Gasteiger partial charge in [0.25, 0.3) is 5.91 Å². The number of nitrogens with zero attached hydrogens (tertiary/aromatic N) is 3. The number of rotatable bonds is 4. The molecule has 0 spiro atoms. The van der Waals surface area contributed by atoms with E-state index in [0.29, 0.717) is 16.5 Å². The highest BCUT2D eigenvalue weighted by molar-refractivity contribution is 6.31. The van der Waals surface area contributed by atoms with Crippen molar-refractivity contribution in [2.24, 2.45) is 0 Å². The van der Waals surface area contributed by atoms with Crippen molar-refractivity contribution < 1.29 is 4.79 Å². The van der Waals surface area contributed by atoms with Crippen LogP contribution in [0.25, 0.3) is 17.1 Å². The summed E-state index contributed by atoms with van der Waals surface area (Å²) >= 11 is 6.17. The molecule has 0 fully saturated rings. The van der Waals surface area contributed by atoms with Gasteiger partial charge in [-0.2, -0.15) is 0 Å². The molecule has 5 nitrogen and oxygen atoms in total. The van der Waals surface area contributed by atoms with Gasteiger partial charge in [-0.25, -0.2) is 9.67 Å². The van der Waals surface area contributed by atoms with Gasteiger partial charge in [0, 0.05) is 16.3 Å². The number of anilines is 1. The third-order valence-electron chi connectivity index (χ3n) is 4.79. The molecule has 6 heteroatoms. The summed E-state index contributed by atoms with van der Waals surface area (Å²) in [5.41, 5.74) is 5.51. The van der Waals surface area contributed by atoms with Crippen LogP contribution in [0.3, 0.4) is 0 Å². The van der Waals surface area contributed by atoms with Crippen molar-refractivity contribution in [2.45, 2.75) is 20.8 Å². The van der Waals surface area contributed by atoms with Crippen LogP contribution in [0.1, 0.15) is 27.3 Å². The molecule has 3 aromatic carbocycles.